The smallest absolute Gasteiger partial charge is 0.0317 e. The second-order valence-corrected chi connectivity index (χ2v) is 5.28. The molecule has 1 aromatic carbocycles. The molecule has 1 unspecified atom stereocenters. The van der Waals surface area contributed by atoms with Crippen LogP contribution < -0.4 is 5.32 Å². The van der Waals surface area contributed by atoms with Gasteiger partial charge in [0.2, 0.25) is 0 Å². The predicted octanol–water partition coefficient (Wildman–Crippen LogP) is 4.40. The van der Waals surface area contributed by atoms with Crippen molar-refractivity contribution in [3.8, 4) is 0 Å². The molecule has 0 heterocycles. The Kier molecular flexibility index (Phi) is 4.61. The van der Waals surface area contributed by atoms with Gasteiger partial charge in [-0.05, 0) is 43.4 Å². The van der Waals surface area contributed by atoms with Crippen molar-refractivity contribution in [3.63, 3.8) is 0 Å². The highest BCUT2D eigenvalue weighted by molar-refractivity contribution is 5.28. The predicted molar refractivity (Wildman–Crippen MR) is 74.4 cm³/mol. The van der Waals surface area contributed by atoms with Gasteiger partial charge in [-0.2, -0.15) is 0 Å². The van der Waals surface area contributed by atoms with E-state index in [1.165, 1.54) is 44.1 Å². The molecule has 1 nitrogen and oxygen atoms in total. The molecule has 1 saturated carbocycles. The fourth-order valence-corrected chi connectivity index (χ4v) is 2.63. The maximum absolute atomic E-state index is 3.43. The van der Waals surface area contributed by atoms with E-state index >= 15 is 0 Å². The van der Waals surface area contributed by atoms with Crippen LogP contribution in [0.3, 0.4) is 0 Å². The molecule has 0 radical (unpaired) electrons. The maximum atomic E-state index is 3.43. The van der Waals surface area contributed by atoms with Gasteiger partial charge in [-0.25, -0.2) is 0 Å². The molecule has 1 aromatic rings. The van der Waals surface area contributed by atoms with E-state index < -0.39 is 0 Å². The summed E-state index contributed by atoms with van der Waals surface area (Å²) in [6.07, 6.45) is 8.03. The minimum atomic E-state index is 0.533. The standard InChI is InChI=1S/C16H25N/c1-3-4-8-16(17-2)15-11-9-14(10-12-15)13-6-5-7-13/h9-13,16-17H,3-8H2,1-2H3. The molecule has 1 atom stereocenters. The van der Waals surface area contributed by atoms with Crippen LogP contribution in [0.5, 0.6) is 0 Å². The summed E-state index contributed by atoms with van der Waals surface area (Å²) in [6, 6.07) is 9.87. The lowest BCUT2D eigenvalue weighted by Gasteiger charge is -2.26. The van der Waals surface area contributed by atoms with Crippen LogP contribution in [0.15, 0.2) is 24.3 Å². The van der Waals surface area contributed by atoms with Crippen molar-refractivity contribution in [3.05, 3.63) is 35.4 Å². The highest BCUT2D eigenvalue weighted by atomic mass is 14.9. The summed E-state index contributed by atoms with van der Waals surface area (Å²) >= 11 is 0. The second kappa shape index (κ2) is 6.20. The lowest BCUT2D eigenvalue weighted by atomic mass is 9.80. The summed E-state index contributed by atoms with van der Waals surface area (Å²) in [5.41, 5.74) is 2.99. The molecule has 1 heteroatoms. The number of hydrogen-bond donors (Lipinski definition) is 1. The highest BCUT2D eigenvalue weighted by Gasteiger charge is 2.19. The summed E-state index contributed by atoms with van der Waals surface area (Å²) in [6.45, 7) is 2.26. The van der Waals surface area contributed by atoms with Gasteiger partial charge in [0, 0.05) is 6.04 Å². The minimum Gasteiger partial charge on any atom is -0.313 e. The van der Waals surface area contributed by atoms with Gasteiger partial charge in [0.15, 0.2) is 0 Å². The van der Waals surface area contributed by atoms with E-state index in [4.69, 9.17) is 0 Å². The zero-order valence-corrected chi connectivity index (χ0v) is 11.2. The van der Waals surface area contributed by atoms with Crippen molar-refractivity contribution in [1.29, 1.82) is 0 Å². The van der Waals surface area contributed by atoms with Crippen LogP contribution in [-0.2, 0) is 0 Å². The topological polar surface area (TPSA) is 12.0 Å². The molecule has 2 rings (SSSR count). The lowest BCUT2D eigenvalue weighted by molar-refractivity contribution is 0.419. The number of benzene rings is 1. The zero-order chi connectivity index (χ0) is 12.1. The molecule has 1 aliphatic rings. The Balaban J connectivity index is 1.99. The van der Waals surface area contributed by atoms with Crippen LogP contribution in [0.2, 0.25) is 0 Å². The quantitative estimate of drug-likeness (QED) is 0.765. The van der Waals surface area contributed by atoms with Crippen molar-refractivity contribution in [1.82, 2.24) is 5.32 Å². The third-order valence-electron chi connectivity index (χ3n) is 4.11. The molecule has 17 heavy (non-hydrogen) atoms. The Labute approximate surface area is 106 Å². The van der Waals surface area contributed by atoms with Crippen LogP contribution in [0.25, 0.3) is 0 Å². The fourth-order valence-electron chi connectivity index (χ4n) is 2.63. The average Bonchev–Trinajstić information content (AvgIpc) is 2.30. The summed E-state index contributed by atoms with van der Waals surface area (Å²) in [5.74, 6) is 0.854. The van der Waals surface area contributed by atoms with E-state index in [1.54, 1.807) is 5.56 Å². The van der Waals surface area contributed by atoms with Gasteiger partial charge in [0.1, 0.15) is 0 Å². The van der Waals surface area contributed by atoms with Gasteiger partial charge in [-0.15, -0.1) is 0 Å². The first-order valence-corrected chi connectivity index (χ1v) is 7.12. The third kappa shape index (κ3) is 3.10. The summed E-state index contributed by atoms with van der Waals surface area (Å²) in [7, 11) is 2.07. The summed E-state index contributed by atoms with van der Waals surface area (Å²) in [5, 5.41) is 3.43. The highest BCUT2D eigenvalue weighted by Crippen LogP contribution is 2.36. The van der Waals surface area contributed by atoms with Gasteiger partial charge in [-0.3, -0.25) is 0 Å². The Hall–Kier alpha value is -0.820. The molecule has 0 saturated heterocycles. The lowest BCUT2D eigenvalue weighted by Crippen LogP contribution is -2.16. The van der Waals surface area contributed by atoms with Crippen LogP contribution in [0.4, 0.5) is 0 Å². The molecule has 0 bridgehead atoms. The Bertz CT molecular complexity index is 324. The molecular weight excluding hydrogens is 206 g/mol. The van der Waals surface area contributed by atoms with Crippen molar-refractivity contribution >= 4 is 0 Å². The molecule has 0 aliphatic heterocycles. The Morgan fingerprint density at radius 1 is 1.24 bits per heavy atom. The number of hydrogen-bond acceptors (Lipinski definition) is 1. The monoisotopic (exact) mass is 231 g/mol. The van der Waals surface area contributed by atoms with Gasteiger partial charge >= 0.3 is 0 Å². The third-order valence-corrected chi connectivity index (χ3v) is 4.11. The first kappa shape index (κ1) is 12.6. The van der Waals surface area contributed by atoms with Crippen molar-refractivity contribution in [2.45, 2.75) is 57.4 Å². The first-order chi connectivity index (χ1) is 8.35. The number of rotatable bonds is 6. The fraction of sp³-hybridized carbons (Fsp3) is 0.625. The molecule has 0 aromatic heterocycles. The molecule has 0 spiro atoms. The average molecular weight is 231 g/mol. The number of nitrogens with one attached hydrogen (secondary N) is 1. The SMILES string of the molecule is CCCCC(NC)c1ccc(C2CCC2)cc1. The van der Waals surface area contributed by atoms with E-state index in [0.717, 1.165) is 5.92 Å². The van der Waals surface area contributed by atoms with Gasteiger partial charge < -0.3 is 5.32 Å². The molecule has 1 aliphatic carbocycles. The molecule has 1 N–H and O–H groups in total. The Morgan fingerprint density at radius 2 is 1.94 bits per heavy atom. The molecular formula is C16H25N. The van der Waals surface area contributed by atoms with E-state index in [0.29, 0.717) is 6.04 Å². The van der Waals surface area contributed by atoms with Gasteiger partial charge in [-0.1, -0.05) is 50.5 Å². The Morgan fingerprint density at radius 3 is 2.41 bits per heavy atom. The number of unbranched alkanes of at least 4 members (excludes halogenated alkanes) is 1. The zero-order valence-electron chi connectivity index (χ0n) is 11.2. The van der Waals surface area contributed by atoms with E-state index in [9.17, 15) is 0 Å². The molecule has 94 valence electrons. The van der Waals surface area contributed by atoms with Crippen LogP contribution in [-0.4, -0.2) is 7.05 Å². The van der Waals surface area contributed by atoms with Gasteiger partial charge in [0.05, 0.1) is 0 Å². The largest absolute Gasteiger partial charge is 0.313 e. The summed E-state index contributed by atoms with van der Waals surface area (Å²) in [4.78, 5) is 0. The van der Waals surface area contributed by atoms with Gasteiger partial charge in [0.25, 0.3) is 0 Å². The first-order valence-electron chi connectivity index (χ1n) is 7.12. The normalized spacial score (nSPS) is 17.8. The molecule has 1 fully saturated rings. The minimum absolute atomic E-state index is 0.533. The molecule has 0 amide bonds. The van der Waals surface area contributed by atoms with E-state index in [1.807, 2.05) is 0 Å². The van der Waals surface area contributed by atoms with Crippen molar-refractivity contribution < 1.29 is 0 Å². The van der Waals surface area contributed by atoms with Crippen molar-refractivity contribution in [2.24, 2.45) is 0 Å². The summed E-state index contributed by atoms with van der Waals surface area (Å²) < 4.78 is 0. The van der Waals surface area contributed by atoms with Crippen LogP contribution >= 0.6 is 0 Å². The van der Waals surface area contributed by atoms with Crippen LogP contribution in [0, 0.1) is 0 Å². The van der Waals surface area contributed by atoms with E-state index in [2.05, 4.69) is 43.6 Å². The maximum Gasteiger partial charge on any atom is 0.0317 e. The van der Waals surface area contributed by atoms with Crippen molar-refractivity contribution in [2.75, 3.05) is 7.05 Å². The van der Waals surface area contributed by atoms with Crippen LogP contribution in [0.1, 0.15) is 68.5 Å². The van der Waals surface area contributed by atoms with E-state index in [-0.39, 0.29) is 0 Å². The second-order valence-electron chi connectivity index (χ2n) is 5.28.